The maximum Gasteiger partial charge on any atom is 0.276 e. The van der Waals surface area contributed by atoms with Crippen molar-refractivity contribution >= 4 is 38.4 Å². The van der Waals surface area contributed by atoms with Crippen LogP contribution in [0.25, 0.3) is 26.9 Å². The van der Waals surface area contributed by atoms with E-state index >= 15 is 0 Å². The van der Waals surface area contributed by atoms with E-state index in [1.807, 2.05) is 54.8 Å². The summed E-state index contributed by atoms with van der Waals surface area (Å²) in [6.07, 6.45) is 3.35. The lowest BCUT2D eigenvalue weighted by atomic mass is 10.2. The van der Waals surface area contributed by atoms with Gasteiger partial charge in [0.25, 0.3) is 5.56 Å². The molecular formula is C20H16N6OS. The van der Waals surface area contributed by atoms with Gasteiger partial charge in [-0.15, -0.1) is 11.3 Å². The molecule has 0 aliphatic heterocycles. The monoisotopic (exact) mass is 388 g/mol. The molecule has 0 spiro atoms. The van der Waals surface area contributed by atoms with Crippen LogP contribution in [0.2, 0.25) is 0 Å². The molecule has 0 radical (unpaired) electrons. The van der Waals surface area contributed by atoms with E-state index in [0.29, 0.717) is 21.9 Å². The number of fused-ring (bicyclic) bond motifs is 2. The number of nitrogens with zero attached hydrogens (tertiary/aromatic N) is 4. The maximum atomic E-state index is 13.2. The largest absolute Gasteiger partial charge is 0.359 e. The van der Waals surface area contributed by atoms with E-state index in [0.717, 1.165) is 16.7 Å². The summed E-state index contributed by atoms with van der Waals surface area (Å²) in [7, 11) is 0. The zero-order chi connectivity index (χ0) is 19.1. The zero-order valence-electron chi connectivity index (χ0n) is 15.0. The van der Waals surface area contributed by atoms with Crippen molar-refractivity contribution in [3.8, 4) is 5.69 Å². The summed E-state index contributed by atoms with van der Waals surface area (Å²) in [6.45, 7) is 1.96. The van der Waals surface area contributed by atoms with Crippen LogP contribution in [0.15, 0.2) is 65.2 Å². The lowest BCUT2D eigenvalue weighted by molar-refractivity contribution is 0.733. The van der Waals surface area contributed by atoms with E-state index in [9.17, 15) is 4.79 Å². The highest BCUT2D eigenvalue weighted by molar-refractivity contribution is 7.17. The molecule has 8 heteroatoms. The summed E-state index contributed by atoms with van der Waals surface area (Å²) in [5.41, 5.74) is 3.06. The molecule has 0 fully saturated rings. The quantitative estimate of drug-likeness (QED) is 0.488. The number of imidazole rings is 1. The number of benzene rings is 1. The second-order valence-electron chi connectivity index (χ2n) is 6.41. The molecule has 0 aliphatic rings. The predicted octanol–water partition coefficient (Wildman–Crippen LogP) is 3.89. The number of hydrogen-bond acceptors (Lipinski definition) is 6. The van der Waals surface area contributed by atoms with Crippen LogP contribution in [0.5, 0.6) is 0 Å². The van der Waals surface area contributed by atoms with Gasteiger partial charge < -0.3 is 10.3 Å². The minimum atomic E-state index is -0.271. The molecule has 1 aromatic carbocycles. The molecular weight excluding hydrogens is 372 g/mol. The van der Waals surface area contributed by atoms with Crippen molar-refractivity contribution in [2.45, 2.75) is 13.0 Å². The molecule has 138 valence electrons. The van der Waals surface area contributed by atoms with Crippen molar-refractivity contribution in [2.24, 2.45) is 0 Å². The van der Waals surface area contributed by atoms with E-state index in [1.165, 1.54) is 11.3 Å². The summed E-state index contributed by atoms with van der Waals surface area (Å²) >= 11 is 1.41. The van der Waals surface area contributed by atoms with E-state index in [1.54, 1.807) is 17.1 Å². The molecule has 28 heavy (non-hydrogen) atoms. The third kappa shape index (κ3) is 2.66. The molecule has 0 amide bonds. The van der Waals surface area contributed by atoms with Crippen LogP contribution in [-0.2, 0) is 0 Å². The van der Waals surface area contributed by atoms with Gasteiger partial charge in [0, 0.05) is 6.20 Å². The van der Waals surface area contributed by atoms with Crippen LogP contribution >= 0.6 is 11.3 Å². The van der Waals surface area contributed by atoms with Crippen molar-refractivity contribution in [1.29, 1.82) is 0 Å². The Hall–Kier alpha value is -3.52. The number of aromatic amines is 1. The van der Waals surface area contributed by atoms with Gasteiger partial charge in [-0.3, -0.25) is 9.36 Å². The molecule has 4 aromatic heterocycles. The first-order chi connectivity index (χ1) is 13.7. The normalized spacial score (nSPS) is 12.5. The molecule has 1 unspecified atom stereocenters. The summed E-state index contributed by atoms with van der Waals surface area (Å²) in [4.78, 5) is 29.8. The fourth-order valence-electron chi connectivity index (χ4n) is 3.29. The number of nitrogens with one attached hydrogen (secondary N) is 2. The van der Waals surface area contributed by atoms with E-state index in [-0.39, 0.29) is 11.6 Å². The van der Waals surface area contributed by atoms with Gasteiger partial charge in [-0.1, -0.05) is 18.2 Å². The molecule has 0 bridgehead atoms. The average Bonchev–Trinajstić information content (AvgIpc) is 3.38. The SMILES string of the molecule is CC(Nc1nccc2[nH]cnc12)c1nc2ccsc2c(=O)n1-c1ccccc1. The minimum absolute atomic E-state index is 0.0687. The Morgan fingerprint density at radius 1 is 1.14 bits per heavy atom. The zero-order valence-corrected chi connectivity index (χ0v) is 15.8. The number of para-hydroxylation sites is 1. The second kappa shape index (κ2) is 6.58. The smallest absolute Gasteiger partial charge is 0.276 e. The summed E-state index contributed by atoms with van der Waals surface area (Å²) in [6, 6.07) is 13.0. The number of hydrogen-bond donors (Lipinski definition) is 2. The Labute approximate surface area is 163 Å². The van der Waals surface area contributed by atoms with Crippen LogP contribution < -0.4 is 10.9 Å². The highest BCUT2D eigenvalue weighted by atomic mass is 32.1. The maximum absolute atomic E-state index is 13.2. The first-order valence-electron chi connectivity index (χ1n) is 8.82. The molecule has 0 saturated heterocycles. The topological polar surface area (TPSA) is 88.5 Å². The second-order valence-corrected chi connectivity index (χ2v) is 7.32. The predicted molar refractivity (Wildman–Crippen MR) is 111 cm³/mol. The van der Waals surface area contributed by atoms with Gasteiger partial charge in [-0.25, -0.2) is 15.0 Å². The van der Waals surface area contributed by atoms with Crippen molar-refractivity contribution < 1.29 is 0 Å². The van der Waals surface area contributed by atoms with Crippen LogP contribution in [0.1, 0.15) is 18.8 Å². The first kappa shape index (κ1) is 16.6. The van der Waals surface area contributed by atoms with Gasteiger partial charge in [0.1, 0.15) is 16.0 Å². The molecule has 7 nitrogen and oxygen atoms in total. The first-order valence-corrected chi connectivity index (χ1v) is 9.70. The molecule has 1 atom stereocenters. The Morgan fingerprint density at radius 2 is 2.00 bits per heavy atom. The van der Waals surface area contributed by atoms with Gasteiger partial charge >= 0.3 is 0 Å². The highest BCUT2D eigenvalue weighted by Gasteiger charge is 2.20. The lowest BCUT2D eigenvalue weighted by Crippen LogP contribution is -2.26. The average molecular weight is 388 g/mol. The van der Waals surface area contributed by atoms with Gasteiger partial charge in [0.05, 0.1) is 29.1 Å². The Morgan fingerprint density at radius 3 is 2.86 bits per heavy atom. The van der Waals surface area contributed by atoms with Crippen molar-refractivity contribution in [2.75, 3.05) is 5.32 Å². The van der Waals surface area contributed by atoms with E-state index in [4.69, 9.17) is 4.98 Å². The Kier molecular flexibility index (Phi) is 3.91. The number of aromatic nitrogens is 5. The van der Waals surface area contributed by atoms with Crippen LogP contribution in [-0.4, -0.2) is 24.5 Å². The summed E-state index contributed by atoms with van der Waals surface area (Å²) in [5.74, 6) is 1.27. The van der Waals surface area contributed by atoms with Gasteiger partial charge in [-0.2, -0.15) is 0 Å². The number of anilines is 1. The lowest BCUT2D eigenvalue weighted by Gasteiger charge is -2.19. The number of H-pyrrole nitrogens is 1. The van der Waals surface area contributed by atoms with Gasteiger partial charge in [0.2, 0.25) is 0 Å². The van der Waals surface area contributed by atoms with E-state index < -0.39 is 0 Å². The molecule has 5 rings (SSSR count). The third-order valence-electron chi connectivity index (χ3n) is 4.60. The third-order valence-corrected chi connectivity index (χ3v) is 5.49. The highest BCUT2D eigenvalue weighted by Crippen LogP contribution is 2.25. The number of rotatable bonds is 4. The molecule has 5 aromatic rings. The van der Waals surface area contributed by atoms with Gasteiger partial charge in [-0.05, 0) is 36.6 Å². The Balaban J connectivity index is 1.67. The standard InChI is InChI=1S/C20H16N6OS/c1-12(24-18-16-14(7-9-21-18)22-11-23-16)19-25-15-8-10-28-17(15)20(27)26(19)13-5-3-2-4-6-13/h2-12H,1H3,(H,21,24)(H,22,23). The molecule has 0 aliphatic carbocycles. The van der Waals surface area contributed by atoms with Crippen molar-refractivity contribution in [3.63, 3.8) is 0 Å². The van der Waals surface area contributed by atoms with Crippen LogP contribution in [0.3, 0.4) is 0 Å². The Bertz CT molecular complexity index is 1340. The van der Waals surface area contributed by atoms with E-state index in [2.05, 4.69) is 20.3 Å². The minimum Gasteiger partial charge on any atom is -0.359 e. The number of pyridine rings is 1. The van der Waals surface area contributed by atoms with Crippen LogP contribution in [0, 0.1) is 0 Å². The number of thiophene rings is 1. The summed E-state index contributed by atoms with van der Waals surface area (Å²) < 4.78 is 2.31. The van der Waals surface area contributed by atoms with Crippen molar-refractivity contribution in [1.82, 2.24) is 24.5 Å². The molecule has 2 N–H and O–H groups in total. The fourth-order valence-corrected chi connectivity index (χ4v) is 4.05. The molecule has 0 saturated carbocycles. The fraction of sp³-hybridized carbons (Fsp3) is 0.100. The molecule has 4 heterocycles. The summed E-state index contributed by atoms with van der Waals surface area (Å²) in [5, 5.41) is 5.26. The van der Waals surface area contributed by atoms with Crippen LogP contribution in [0.4, 0.5) is 5.82 Å². The van der Waals surface area contributed by atoms with Gasteiger partial charge in [0.15, 0.2) is 5.82 Å². The van der Waals surface area contributed by atoms with Crippen molar-refractivity contribution in [3.05, 3.63) is 76.5 Å².